The Morgan fingerprint density at radius 1 is 1.00 bits per heavy atom. The van der Waals surface area contributed by atoms with Gasteiger partial charge in [0.05, 0.1) is 6.10 Å². The fourth-order valence-corrected chi connectivity index (χ4v) is 3.91. The zero-order chi connectivity index (χ0) is 12.2. The van der Waals surface area contributed by atoms with Gasteiger partial charge >= 0.3 is 0 Å². The van der Waals surface area contributed by atoms with Gasteiger partial charge in [-0.3, -0.25) is 0 Å². The molecule has 0 amide bonds. The van der Waals surface area contributed by atoms with E-state index in [1.54, 1.807) is 0 Å². The van der Waals surface area contributed by atoms with Crippen LogP contribution < -0.4 is 5.32 Å². The molecule has 104 valence electrons. The van der Waals surface area contributed by atoms with E-state index in [0.29, 0.717) is 6.10 Å². The maximum absolute atomic E-state index is 5.85. The summed E-state index contributed by atoms with van der Waals surface area (Å²) in [7, 11) is 0. The number of rotatable bonds is 3. The van der Waals surface area contributed by atoms with Crippen LogP contribution in [0.25, 0.3) is 0 Å². The third-order valence-electron chi connectivity index (χ3n) is 5.10. The zero-order valence-corrected chi connectivity index (χ0v) is 11.6. The Balaban J connectivity index is 1.39. The Bertz CT molecular complexity index is 239. The molecule has 3 heteroatoms. The summed E-state index contributed by atoms with van der Waals surface area (Å²) in [4.78, 5) is 2.71. The smallest absolute Gasteiger partial charge is 0.0605 e. The van der Waals surface area contributed by atoms with Gasteiger partial charge in [-0.25, -0.2) is 0 Å². The van der Waals surface area contributed by atoms with Gasteiger partial charge in [-0.1, -0.05) is 0 Å². The van der Waals surface area contributed by atoms with Gasteiger partial charge in [0.2, 0.25) is 0 Å². The Labute approximate surface area is 111 Å². The minimum Gasteiger partial charge on any atom is -0.378 e. The first-order valence-corrected chi connectivity index (χ1v) is 7.96. The average Bonchev–Trinajstić information content (AvgIpc) is 2.95. The Morgan fingerprint density at radius 2 is 1.78 bits per heavy atom. The van der Waals surface area contributed by atoms with Gasteiger partial charge in [-0.05, 0) is 76.5 Å². The highest BCUT2D eigenvalue weighted by atomic mass is 16.5. The topological polar surface area (TPSA) is 24.5 Å². The number of ether oxygens (including phenoxy) is 1. The molecule has 3 aliphatic heterocycles. The fourth-order valence-electron chi connectivity index (χ4n) is 3.91. The number of likely N-dealkylation sites (tertiary alicyclic amines) is 1. The van der Waals surface area contributed by atoms with Crippen molar-refractivity contribution in [1.29, 1.82) is 0 Å². The summed E-state index contributed by atoms with van der Waals surface area (Å²) in [5.41, 5.74) is 0. The lowest BCUT2D eigenvalue weighted by Crippen LogP contribution is -2.42. The SMILES string of the molecule is C1COC(C2CCN(CC3CCNCC3)CC2)C1. The van der Waals surface area contributed by atoms with Crippen LogP contribution in [0.5, 0.6) is 0 Å². The van der Waals surface area contributed by atoms with Crippen molar-refractivity contribution in [3.8, 4) is 0 Å². The number of hydrogen-bond acceptors (Lipinski definition) is 3. The number of hydrogen-bond donors (Lipinski definition) is 1. The second-order valence-corrected chi connectivity index (χ2v) is 6.38. The molecular formula is C15H28N2O. The maximum atomic E-state index is 5.85. The van der Waals surface area contributed by atoms with Crippen molar-refractivity contribution in [2.75, 3.05) is 39.3 Å². The van der Waals surface area contributed by atoms with Crippen LogP contribution in [0.4, 0.5) is 0 Å². The summed E-state index contributed by atoms with van der Waals surface area (Å²) in [5, 5.41) is 3.46. The largest absolute Gasteiger partial charge is 0.378 e. The summed E-state index contributed by atoms with van der Waals surface area (Å²) in [6.45, 7) is 7.46. The van der Waals surface area contributed by atoms with Crippen molar-refractivity contribution >= 4 is 0 Å². The molecule has 1 atom stereocenters. The predicted octanol–water partition coefficient (Wildman–Crippen LogP) is 1.88. The molecule has 0 radical (unpaired) electrons. The van der Waals surface area contributed by atoms with E-state index < -0.39 is 0 Å². The van der Waals surface area contributed by atoms with Crippen LogP contribution in [-0.4, -0.2) is 50.3 Å². The maximum Gasteiger partial charge on any atom is 0.0605 e. The van der Waals surface area contributed by atoms with Crippen molar-refractivity contribution in [2.24, 2.45) is 11.8 Å². The Hall–Kier alpha value is -0.120. The first kappa shape index (κ1) is 12.9. The van der Waals surface area contributed by atoms with E-state index in [9.17, 15) is 0 Å². The van der Waals surface area contributed by atoms with Gasteiger partial charge in [0.15, 0.2) is 0 Å². The molecule has 0 saturated carbocycles. The van der Waals surface area contributed by atoms with Crippen LogP contribution in [-0.2, 0) is 4.74 Å². The van der Waals surface area contributed by atoms with Crippen molar-refractivity contribution in [1.82, 2.24) is 10.2 Å². The quantitative estimate of drug-likeness (QED) is 0.830. The van der Waals surface area contributed by atoms with Crippen LogP contribution in [0.15, 0.2) is 0 Å². The van der Waals surface area contributed by atoms with Crippen molar-refractivity contribution in [2.45, 2.75) is 44.6 Å². The predicted molar refractivity (Wildman–Crippen MR) is 73.7 cm³/mol. The van der Waals surface area contributed by atoms with E-state index in [-0.39, 0.29) is 0 Å². The van der Waals surface area contributed by atoms with E-state index in [0.717, 1.165) is 18.4 Å². The minimum absolute atomic E-state index is 0.603. The van der Waals surface area contributed by atoms with Crippen molar-refractivity contribution in [3.63, 3.8) is 0 Å². The summed E-state index contributed by atoms with van der Waals surface area (Å²) in [5.74, 6) is 1.81. The molecule has 3 rings (SSSR count). The van der Waals surface area contributed by atoms with E-state index in [1.165, 1.54) is 71.2 Å². The summed E-state index contributed by atoms with van der Waals surface area (Å²) < 4.78 is 5.85. The molecule has 3 aliphatic rings. The lowest BCUT2D eigenvalue weighted by atomic mass is 9.89. The molecule has 0 aromatic carbocycles. The molecule has 1 unspecified atom stereocenters. The molecule has 3 fully saturated rings. The van der Waals surface area contributed by atoms with E-state index in [4.69, 9.17) is 4.74 Å². The van der Waals surface area contributed by atoms with Gasteiger partial charge in [0.25, 0.3) is 0 Å². The van der Waals surface area contributed by atoms with Crippen LogP contribution in [0, 0.1) is 11.8 Å². The lowest BCUT2D eigenvalue weighted by molar-refractivity contribution is 0.0282. The second kappa shape index (κ2) is 6.36. The third kappa shape index (κ3) is 3.25. The standard InChI is InChI=1S/C15H28N2O/c1-2-15(18-11-1)14-5-9-17(10-6-14)12-13-3-7-16-8-4-13/h13-16H,1-12H2. The highest BCUT2D eigenvalue weighted by Gasteiger charge is 2.30. The molecule has 0 aromatic heterocycles. The van der Waals surface area contributed by atoms with Crippen molar-refractivity contribution < 1.29 is 4.74 Å². The van der Waals surface area contributed by atoms with Gasteiger partial charge in [0.1, 0.15) is 0 Å². The van der Waals surface area contributed by atoms with E-state index in [1.807, 2.05) is 0 Å². The summed E-state index contributed by atoms with van der Waals surface area (Å²) in [6, 6.07) is 0. The molecule has 0 spiro atoms. The normalized spacial score (nSPS) is 33.0. The average molecular weight is 252 g/mol. The van der Waals surface area contributed by atoms with Gasteiger partial charge in [-0.2, -0.15) is 0 Å². The van der Waals surface area contributed by atoms with Crippen LogP contribution in [0.3, 0.4) is 0 Å². The summed E-state index contributed by atoms with van der Waals surface area (Å²) in [6.07, 6.45) is 8.72. The van der Waals surface area contributed by atoms with E-state index >= 15 is 0 Å². The highest BCUT2D eigenvalue weighted by molar-refractivity contribution is 4.82. The summed E-state index contributed by atoms with van der Waals surface area (Å²) >= 11 is 0. The van der Waals surface area contributed by atoms with Gasteiger partial charge in [-0.15, -0.1) is 0 Å². The molecule has 0 aliphatic carbocycles. The monoisotopic (exact) mass is 252 g/mol. The number of nitrogens with one attached hydrogen (secondary N) is 1. The lowest BCUT2D eigenvalue weighted by Gasteiger charge is -2.37. The second-order valence-electron chi connectivity index (χ2n) is 6.38. The van der Waals surface area contributed by atoms with Crippen LogP contribution in [0.2, 0.25) is 0 Å². The fraction of sp³-hybridized carbons (Fsp3) is 1.00. The number of piperidine rings is 2. The molecule has 0 aromatic rings. The molecule has 3 heterocycles. The molecule has 1 N–H and O–H groups in total. The molecule has 0 bridgehead atoms. The third-order valence-corrected chi connectivity index (χ3v) is 5.10. The van der Waals surface area contributed by atoms with Crippen molar-refractivity contribution in [3.05, 3.63) is 0 Å². The Morgan fingerprint density at radius 3 is 2.44 bits per heavy atom. The van der Waals surface area contributed by atoms with Crippen LogP contribution in [0.1, 0.15) is 38.5 Å². The van der Waals surface area contributed by atoms with Crippen LogP contribution >= 0.6 is 0 Å². The van der Waals surface area contributed by atoms with Gasteiger partial charge in [0, 0.05) is 13.2 Å². The molecule has 3 nitrogen and oxygen atoms in total. The zero-order valence-electron chi connectivity index (χ0n) is 11.6. The first-order valence-electron chi connectivity index (χ1n) is 7.96. The molecule has 3 saturated heterocycles. The van der Waals surface area contributed by atoms with E-state index in [2.05, 4.69) is 10.2 Å². The minimum atomic E-state index is 0.603. The molecule has 18 heavy (non-hydrogen) atoms. The van der Waals surface area contributed by atoms with Gasteiger partial charge < -0.3 is 15.0 Å². The number of nitrogens with zero attached hydrogens (tertiary/aromatic N) is 1. The Kier molecular flexibility index (Phi) is 4.55. The first-order chi connectivity index (χ1) is 8.92. The molecular weight excluding hydrogens is 224 g/mol. The highest BCUT2D eigenvalue weighted by Crippen LogP contribution is 2.29.